The molecule has 1 aromatic heterocycles. The number of nitrogens with zero attached hydrogens (tertiary/aromatic N) is 2. The summed E-state index contributed by atoms with van der Waals surface area (Å²) in [5.74, 6) is -1.27. The van der Waals surface area contributed by atoms with Crippen molar-refractivity contribution in [3.63, 3.8) is 0 Å². The maximum absolute atomic E-state index is 11.7. The Bertz CT molecular complexity index is 820. The van der Waals surface area contributed by atoms with Gasteiger partial charge < -0.3 is 14.6 Å². The van der Waals surface area contributed by atoms with Crippen LogP contribution < -0.4 is 10.9 Å². The lowest BCUT2D eigenvalue weighted by atomic mass is 10.2. The number of anilines is 1. The third-order valence-electron chi connectivity index (χ3n) is 2.88. The molecule has 0 saturated heterocycles. The van der Waals surface area contributed by atoms with E-state index in [4.69, 9.17) is 10.00 Å². The number of nitrogens with one attached hydrogen (secondary N) is 1. The van der Waals surface area contributed by atoms with E-state index in [1.807, 2.05) is 6.07 Å². The Balaban J connectivity index is 1.87. The van der Waals surface area contributed by atoms with Gasteiger partial charge in [-0.2, -0.15) is 5.26 Å². The number of hydrogen-bond donors (Lipinski definition) is 1. The molecule has 116 valence electrons. The van der Waals surface area contributed by atoms with Gasteiger partial charge in [0.15, 0.2) is 6.61 Å². The molecule has 0 aliphatic carbocycles. The van der Waals surface area contributed by atoms with Crippen LogP contribution in [0.15, 0.2) is 53.5 Å². The zero-order chi connectivity index (χ0) is 16.7. The van der Waals surface area contributed by atoms with Gasteiger partial charge in [0.2, 0.25) is 0 Å². The van der Waals surface area contributed by atoms with Crippen molar-refractivity contribution in [1.29, 1.82) is 5.26 Å². The van der Waals surface area contributed by atoms with Crippen molar-refractivity contribution < 1.29 is 14.3 Å². The average molecular weight is 311 g/mol. The SMILES string of the molecule is N#Cc1ccccc1NC(=O)COC(=O)Cn1ccccc1=O. The fourth-order valence-corrected chi connectivity index (χ4v) is 1.80. The first-order valence-corrected chi connectivity index (χ1v) is 6.70. The van der Waals surface area contributed by atoms with Gasteiger partial charge in [0.25, 0.3) is 11.5 Å². The summed E-state index contributed by atoms with van der Waals surface area (Å²) in [4.78, 5) is 34.8. The summed E-state index contributed by atoms with van der Waals surface area (Å²) in [5.41, 5.74) is 0.315. The molecule has 1 N–H and O–H groups in total. The number of aromatic nitrogens is 1. The smallest absolute Gasteiger partial charge is 0.326 e. The number of nitriles is 1. The van der Waals surface area contributed by atoms with Crippen LogP contribution in [-0.2, 0) is 20.9 Å². The number of benzene rings is 1. The van der Waals surface area contributed by atoms with E-state index >= 15 is 0 Å². The molecule has 0 bridgehead atoms. The van der Waals surface area contributed by atoms with Gasteiger partial charge in [-0.1, -0.05) is 18.2 Å². The molecule has 0 aliphatic rings. The minimum atomic E-state index is -0.706. The van der Waals surface area contributed by atoms with E-state index in [1.54, 1.807) is 36.4 Å². The third kappa shape index (κ3) is 4.54. The fourth-order valence-electron chi connectivity index (χ4n) is 1.80. The number of rotatable bonds is 5. The van der Waals surface area contributed by atoms with Gasteiger partial charge in [0.1, 0.15) is 12.6 Å². The Morgan fingerprint density at radius 3 is 2.65 bits per heavy atom. The maximum atomic E-state index is 11.7. The Morgan fingerprint density at radius 1 is 1.17 bits per heavy atom. The van der Waals surface area contributed by atoms with Crippen molar-refractivity contribution in [3.05, 3.63) is 64.6 Å². The van der Waals surface area contributed by atoms with E-state index in [-0.39, 0.29) is 12.1 Å². The van der Waals surface area contributed by atoms with Crippen molar-refractivity contribution >= 4 is 17.6 Å². The molecule has 0 aliphatic heterocycles. The maximum Gasteiger partial charge on any atom is 0.326 e. The van der Waals surface area contributed by atoms with Crippen LogP contribution in [0.25, 0.3) is 0 Å². The van der Waals surface area contributed by atoms with Crippen LogP contribution in [0.1, 0.15) is 5.56 Å². The molecule has 0 saturated carbocycles. The van der Waals surface area contributed by atoms with Crippen LogP contribution in [0, 0.1) is 11.3 Å². The highest BCUT2D eigenvalue weighted by Gasteiger charge is 2.10. The van der Waals surface area contributed by atoms with Gasteiger partial charge in [0, 0.05) is 12.3 Å². The number of ether oxygens (including phenoxy) is 1. The molecule has 1 amide bonds. The van der Waals surface area contributed by atoms with Gasteiger partial charge in [-0.05, 0) is 18.2 Å². The van der Waals surface area contributed by atoms with Crippen molar-refractivity contribution in [2.75, 3.05) is 11.9 Å². The van der Waals surface area contributed by atoms with E-state index in [1.165, 1.54) is 16.8 Å². The van der Waals surface area contributed by atoms with Gasteiger partial charge in [-0.3, -0.25) is 14.4 Å². The highest BCUT2D eigenvalue weighted by molar-refractivity contribution is 5.93. The van der Waals surface area contributed by atoms with Crippen molar-refractivity contribution in [2.45, 2.75) is 6.54 Å². The minimum Gasteiger partial charge on any atom is -0.454 e. The lowest BCUT2D eigenvalue weighted by Gasteiger charge is -2.08. The number of carbonyl (C=O) groups excluding carboxylic acids is 2. The molecule has 23 heavy (non-hydrogen) atoms. The molecule has 1 heterocycles. The second kappa shape index (κ2) is 7.56. The number of esters is 1. The second-order valence-electron chi connectivity index (χ2n) is 4.53. The summed E-state index contributed by atoms with van der Waals surface area (Å²) in [6, 6.07) is 12.9. The first kappa shape index (κ1) is 16.0. The van der Waals surface area contributed by atoms with Crippen LogP contribution in [0.3, 0.4) is 0 Å². The normalized spacial score (nSPS) is 9.70. The van der Waals surface area contributed by atoms with E-state index in [0.717, 1.165) is 0 Å². The molecular formula is C16H13N3O4. The van der Waals surface area contributed by atoms with Crippen molar-refractivity contribution in [3.8, 4) is 6.07 Å². The van der Waals surface area contributed by atoms with Gasteiger partial charge >= 0.3 is 5.97 Å². The Morgan fingerprint density at radius 2 is 1.91 bits per heavy atom. The average Bonchev–Trinajstić information content (AvgIpc) is 2.55. The van der Waals surface area contributed by atoms with Gasteiger partial charge in [-0.15, -0.1) is 0 Å². The fraction of sp³-hybridized carbons (Fsp3) is 0.125. The van der Waals surface area contributed by atoms with Crippen molar-refractivity contribution in [1.82, 2.24) is 4.57 Å². The summed E-state index contributed by atoms with van der Waals surface area (Å²) in [6.45, 7) is -0.776. The van der Waals surface area contributed by atoms with Crippen LogP contribution >= 0.6 is 0 Å². The van der Waals surface area contributed by atoms with Gasteiger partial charge in [0.05, 0.1) is 11.3 Å². The van der Waals surface area contributed by atoms with E-state index in [2.05, 4.69) is 5.32 Å². The Hall–Kier alpha value is -3.40. The standard InChI is InChI=1S/C16H13N3O4/c17-9-12-5-1-2-6-13(12)18-14(20)11-23-16(22)10-19-8-4-3-7-15(19)21/h1-8H,10-11H2,(H,18,20). The quantitative estimate of drug-likeness (QED) is 0.827. The largest absolute Gasteiger partial charge is 0.454 e. The number of hydrogen-bond acceptors (Lipinski definition) is 5. The predicted molar refractivity (Wildman–Crippen MR) is 81.4 cm³/mol. The number of amides is 1. The number of pyridine rings is 1. The second-order valence-corrected chi connectivity index (χ2v) is 4.53. The first-order valence-electron chi connectivity index (χ1n) is 6.70. The molecule has 7 heteroatoms. The summed E-state index contributed by atoms with van der Waals surface area (Å²) in [5, 5.41) is 11.4. The van der Waals surface area contributed by atoms with Crippen LogP contribution in [0.5, 0.6) is 0 Å². The lowest BCUT2D eigenvalue weighted by molar-refractivity contribution is -0.147. The van der Waals surface area contributed by atoms with Crippen molar-refractivity contribution in [2.24, 2.45) is 0 Å². The lowest BCUT2D eigenvalue weighted by Crippen LogP contribution is -2.27. The number of carbonyl (C=O) groups is 2. The predicted octanol–water partition coefficient (Wildman–Crippen LogP) is 0.902. The molecule has 0 unspecified atom stereocenters. The molecule has 0 fully saturated rings. The number of para-hydroxylation sites is 1. The van der Waals surface area contributed by atoms with Gasteiger partial charge in [-0.25, -0.2) is 0 Å². The zero-order valence-corrected chi connectivity index (χ0v) is 12.1. The Kier molecular flexibility index (Phi) is 5.25. The van der Waals surface area contributed by atoms with Crippen LogP contribution in [-0.4, -0.2) is 23.1 Å². The topological polar surface area (TPSA) is 101 Å². The van der Waals surface area contributed by atoms with Crippen LogP contribution in [0.4, 0.5) is 5.69 Å². The van der Waals surface area contributed by atoms with E-state index < -0.39 is 18.5 Å². The van der Waals surface area contributed by atoms with E-state index in [0.29, 0.717) is 11.3 Å². The van der Waals surface area contributed by atoms with Crippen LogP contribution in [0.2, 0.25) is 0 Å². The molecule has 0 radical (unpaired) electrons. The third-order valence-corrected chi connectivity index (χ3v) is 2.88. The molecular weight excluding hydrogens is 298 g/mol. The Labute approximate surface area is 131 Å². The molecule has 2 rings (SSSR count). The summed E-state index contributed by atoms with van der Waals surface area (Å²) in [7, 11) is 0. The highest BCUT2D eigenvalue weighted by Crippen LogP contribution is 2.13. The monoisotopic (exact) mass is 311 g/mol. The summed E-state index contributed by atoms with van der Waals surface area (Å²) >= 11 is 0. The van der Waals surface area contributed by atoms with E-state index in [9.17, 15) is 14.4 Å². The summed E-state index contributed by atoms with van der Waals surface area (Å²) < 4.78 is 5.99. The molecule has 1 aromatic carbocycles. The molecule has 7 nitrogen and oxygen atoms in total. The summed E-state index contributed by atoms with van der Waals surface area (Å²) in [6.07, 6.45) is 1.45. The molecule has 0 atom stereocenters. The molecule has 0 spiro atoms. The molecule has 2 aromatic rings. The zero-order valence-electron chi connectivity index (χ0n) is 12.1. The highest BCUT2D eigenvalue weighted by atomic mass is 16.5. The minimum absolute atomic E-state index is 0.276. The first-order chi connectivity index (χ1) is 11.1.